The maximum atomic E-state index is 13.5. The van der Waals surface area contributed by atoms with Crippen LogP contribution in [0.3, 0.4) is 0 Å². The summed E-state index contributed by atoms with van der Waals surface area (Å²) in [5.41, 5.74) is 0.0865. The van der Waals surface area contributed by atoms with Gasteiger partial charge in [-0.1, -0.05) is 11.6 Å². The number of amides is 2. The van der Waals surface area contributed by atoms with E-state index in [2.05, 4.69) is 15.4 Å². The Balaban J connectivity index is 1.91. The SMILES string of the molecule is COC(=O)c1ccc(Cl)c(NC(=O)CCNC(=O)c2ccc(F)cc2F)c1. The highest BCUT2D eigenvalue weighted by molar-refractivity contribution is 6.33. The average molecular weight is 397 g/mol. The van der Waals surface area contributed by atoms with E-state index in [1.165, 1.54) is 25.3 Å². The second-order valence-corrected chi connectivity index (χ2v) is 5.77. The van der Waals surface area contributed by atoms with Crippen LogP contribution in [0.5, 0.6) is 0 Å². The van der Waals surface area contributed by atoms with Crippen molar-refractivity contribution in [2.24, 2.45) is 0 Å². The van der Waals surface area contributed by atoms with Gasteiger partial charge in [0, 0.05) is 19.0 Å². The Labute approximate surface area is 158 Å². The van der Waals surface area contributed by atoms with E-state index in [1.807, 2.05) is 0 Å². The lowest BCUT2D eigenvalue weighted by Crippen LogP contribution is -2.28. The van der Waals surface area contributed by atoms with Crippen LogP contribution in [0.4, 0.5) is 14.5 Å². The highest BCUT2D eigenvalue weighted by atomic mass is 35.5. The number of nitrogens with one attached hydrogen (secondary N) is 2. The minimum atomic E-state index is -0.997. The number of halogens is 3. The molecule has 0 heterocycles. The van der Waals surface area contributed by atoms with Gasteiger partial charge in [-0.25, -0.2) is 13.6 Å². The van der Waals surface area contributed by atoms with Crippen LogP contribution in [-0.2, 0) is 9.53 Å². The molecule has 0 unspecified atom stereocenters. The minimum absolute atomic E-state index is 0.0875. The van der Waals surface area contributed by atoms with E-state index in [9.17, 15) is 23.2 Å². The Morgan fingerprint density at radius 2 is 1.85 bits per heavy atom. The van der Waals surface area contributed by atoms with E-state index in [0.29, 0.717) is 6.07 Å². The maximum absolute atomic E-state index is 13.5. The normalized spacial score (nSPS) is 10.2. The third-order valence-electron chi connectivity index (χ3n) is 3.47. The quantitative estimate of drug-likeness (QED) is 0.734. The molecule has 0 aliphatic carbocycles. The lowest BCUT2D eigenvalue weighted by atomic mass is 10.2. The predicted molar refractivity (Wildman–Crippen MR) is 94.7 cm³/mol. The van der Waals surface area contributed by atoms with Crippen molar-refractivity contribution in [3.8, 4) is 0 Å². The number of carbonyl (C=O) groups excluding carboxylic acids is 3. The van der Waals surface area contributed by atoms with Gasteiger partial charge in [0.25, 0.3) is 5.91 Å². The number of ether oxygens (including phenoxy) is 1. The lowest BCUT2D eigenvalue weighted by Gasteiger charge is -2.10. The van der Waals surface area contributed by atoms with Crippen molar-refractivity contribution in [3.05, 3.63) is 64.2 Å². The van der Waals surface area contributed by atoms with Crippen LogP contribution in [0.25, 0.3) is 0 Å². The number of methoxy groups -OCH3 is 1. The van der Waals surface area contributed by atoms with E-state index in [1.54, 1.807) is 0 Å². The summed E-state index contributed by atoms with van der Waals surface area (Å²) in [5, 5.41) is 5.08. The molecule has 0 radical (unpaired) electrons. The first-order chi connectivity index (χ1) is 12.8. The van der Waals surface area contributed by atoms with E-state index >= 15 is 0 Å². The van der Waals surface area contributed by atoms with Gasteiger partial charge in [-0.05, 0) is 30.3 Å². The van der Waals surface area contributed by atoms with Crippen LogP contribution < -0.4 is 10.6 Å². The summed E-state index contributed by atoms with van der Waals surface area (Å²) in [6, 6.07) is 6.80. The molecule has 0 atom stereocenters. The molecule has 2 amide bonds. The smallest absolute Gasteiger partial charge is 0.337 e. The molecule has 2 N–H and O–H groups in total. The molecule has 0 aromatic heterocycles. The van der Waals surface area contributed by atoms with Crippen molar-refractivity contribution >= 4 is 35.1 Å². The molecule has 27 heavy (non-hydrogen) atoms. The molecule has 9 heteroatoms. The predicted octanol–water partition coefficient (Wildman–Crippen LogP) is 3.16. The van der Waals surface area contributed by atoms with Gasteiger partial charge in [0.2, 0.25) is 5.91 Å². The summed E-state index contributed by atoms with van der Waals surface area (Å²) in [7, 11) is 1.22. The van der Waals surface area contributed by atoms with Crippen molar-refractivity contribution in [1.29, 1.82) is 0 Å². The van der Waals surface area contributed by atoms with Crippen LogP contribution in [0.1, 0.15) is 27.1 Å². The fourth-order valence-electron chi connectivity index (χ4n) is 2.14. The Morgan fingerprint density at radius 3 is 2.52 bits per heavy atom. The maximum Gasteiger partial charge on any atom is 0.337 e. The molecule has 0 fully saturated rings. The Kier molecular flexibility index (Phi) is 6.84. The first-order valence-electron chi connectivity index (χ1n) is 7.72. The van der Waals surface area contributed by atoms with Crippen LogP contribution in [0, 0.1) is 11.6 Å². The fourth-order valence-corrected chi connectivity index (χ4v) is 2.30. The monoisotopic (exact) mass is 396 g/mol. The molecule has 6 nitrogen and oxygen atoms in total. The van der Waals surface area contributed by atoms with E-state index in [4.69, 9.17) is 11.6 Å². The molecule has 0 saturated carbocycles. The van der Waals surface area contributed by atoms with E-state index < -0.39 is 29.4 Å². The van der Waals surface area contributed by atoms with Gasteiger partial charge in [0.15, 0.2) is 0 Å². The first kappa shape index (κ1) is 20.3. The van der Waals surface area contributed by atoms with Crippen molar-refractivity contribution in [2.75, 3.05) is 19.0 Å². The third-order valence-corrected chi connectivity index (χ3v) is 3.80. The molecule has 142 valence electrons. The second kappa shape index (κ2) is 9.09. The van der Waals surface area contributed by atoms with Gasteiger partial charge in [-0.3, -0.25) is 9.59 Å². The summed E-state index contributed by atoms with van der Waals surface area (Å²) >= 11 is 5.97. The highest BCUT2D eigenvalue weighted by Crippen LogP contribution is 2.23. The molecule has 0 spiro atoms. The van der Waals surface area contributed by atoms with Gasteiger partial charge < -0.3 is 15.4 Å². The zero-order valence-electron chi connectivity index (χ0n) is 14.1. The second-order valence-electron chi connectivity index (χ2n) is 5.36. The number of hydrogen-bond donors (Lipinski definition) is 2. The summed E-state index contributed by atoms with van der Waals surface area (Å²) in [5.74, 6) is -3.64. The zero-order valence-corrected chi connectivity index (χ0v) is 14.9. The number of carbonyl (C=O) groups is 3. The summed E-state index contributed by atoms with van der Waals surface area (Å²) in [4.78, 5) is 35.3. The number of esters is 1. The van der Waals surface area contributed by atoms with Crippen molar-refractivity contribution in [1.82, 2.24) is 5.32 Å². The van der Waals surface area contributed by atoms with Crippen LogP contribution >= 0.6 is 11.6 Å². The van der Waals surface area contributed by atoms with Crippen molar-refractivity contribution in [2.45, 2.75) is 6.42 Å². The zero-order chi connectivity index (χ0) is 20.0. The third kappa shape index (κ3) is 5.49. The minimum Gasteiger partial charge on any atom is -0.465 e. The lowest BCUT2D eigenvalue weighted by molar-refractivity contribution is -0.116. The Bertz CT molecular complexity index is 890. The number of benzene rings is 2. The van der Waals surface area contributed by atoms with E-state index in [0.717, 1.165) is 12.1 Å². The molecule has 2 aromatic rings. The molecule has 0 aliphatic rings. The van der Waals surface area contributed by atoms with Crippen molar-refractivity contribution in [3.63, 3.8) is 0 Å². The Hall–Kier alpha value is -3.00. The van der Waals surface area contributed by atoms with Crippen LogP contribution in [0.15, 0.2) is 36.4 Å². The average Bonchev–Trinajstić information content (AvgIpc) is 2.62. The molecule has 0 bridgehead atoms. The van der Waals surface area contributed by atoms with Gasteiger partial charge in [-0.2, -0.15) is 0 Å². The largest absolute Gasteiger partial charge is 0.465 e. The van der Waals surface area contributed by atoms with Gasteiger partial charge in [0.05, 0.1) is 28.9 Å². The molecule has 2 rings (SSSR count). The van der Waals surface area contributed by atoms with E-state index in [-0.39, 0.29) is 34.8 Å². The molecule has 0 aliphatic heterocycles. The summed E-state index contributed by atoms with van der Waals surface area (Å²) < 4.78 is 31.0. The Morgan fingerprint density at radius 1 is 1.11 bits per heavy atom. The van der Waals surface area contributed by atoms with Gasteiger partial charge >= 0.3 is 5.97 Å². The topological polar surface area (TPSA) is 84.5 Å². The number of anilines is 1. The molecular weight excluding hydrogens is 382 g/mol. The highest BCUT2D eigenvalue weighted by Gasteiger charge is 2.14. The van der Waals surface area contributed by atoms with Gasteiger partial charge in [0.1, 0.15) is 11.6 Å². The molecular formula is C18H15ClF2N2O4. The number of hydrogen-bond acceptors (Lipinski definition) is 4. The van der Waals surface area contributed by atoms with Gasteiger partial charge in [-0.15, -0.1) is 0 Å². The first-order valence-corrected chi connectivity index (χ1v) is 8.10. The summed E-state index contributed by atoms with van der Waals surface area (Å²) in [6.45, 7) is -0.0875. The van der Waals surface area contributed by atoms with Crippen molar-refractivity contribution < 1.29 is 27.9 Å². The fraction of sp³-hybridized carbons (Fsp3) is 0.167. The molecule has 2 aromatic carbocycles. The molecule has 0 saturated heterocycles. The standard InChI is InChI=1S/C18H15ClF2N2O4/c1-27-18(26)10-2-5-13(19)15(8-10)23-16(24)6-7-22-17(25)12-4-3-11(20)9-14(12)21/h2-5,8-9H,6-7H2,1H3,(H,22,25)(H,23,24). The summed E-state index contributed by atoms with van der Waals surface area (Å²) in [6.07, 6.45) is -0.132. The van der Waals surface area contributed by atoms with Crippen LogP contribution in [-0.4, -0.2) is 31.4 Å². The number of rotatable bonds is 6. The van der Waals surface area contributed by atoms with Crippen LogP contribution in [0.2, 0.25) is 5.02 Å².